The van der Waals surface area contributed by atoms with Crippen molar-refractivity contribution in [1.82, 2.24) is 25.2 Å². The molecule has 4 rings (SSSR count). The molecule has 0 aromatic carbocycles. The molecule has 0 aliphatic carbocycles. The Bertz CT molecular complexity index is 944. The van der Waals surface area contributed by atoms with E-state index in [0.29, 0.717) is 11.5 Å². The van der Waals surface area contributed by atoms with E-state index in [1.807, 2.05) is 0 Å². The number of hydrogen-bond acceptors (Lipinski definition) is 5. The van der Waals surface area contributed by atoms with E-state index in [1.165, 1.54) is 29.5 Å². The third-order valence-corrected chi connectivity index (χ3v) is 5.36. The Hall–Kier alpha value is -2.49. The predicted octanol–water partition coefficient (Wildman–Crippen LogP) is 1.79. The number of rotatable bonds is 2. The summed E-state index contributed by atoms with van der Waals surface area (Å²) in [7, 11) is 0. The van der Waals surface area contributed by atoms with Gasteiger partial charge in [-0.2, -0.15) is 9.61 Å². The first-order valence-corrected chi connectivity index (χ1v) is 8.72. The van der Waals surface area contributed by atoms with E-state index in [-0.39, 0.29) is 23.8 Å². The van der Waals surface area contributed by atoms with Gasteiger partial charge in [0, 0.05) is 24.6 Å². The van der Waals surface area contributed by atoms with E-state index >= 15 is 0 Å². The second kappa shape index (κ2) is 5.75. The van der Waals surface area contributed by atoms with Crippen LogP contribution in [0.3, 0.4) is 0 Å². The number of amides is 3. The first-order chi connectivity index (χ1) is 12.6. The van der Waals surface area contributed by atoms with Crippen molar-refractivity contribution in [2.75, 3.05) is 24.5 Å². The molecule has 2 saturated heterocycles. The van der Waals surface area contributed by atoms with Gasteiger partial charge in [-0.05, 0) is 0 Å². The average molecular weight is 399 g/mol. The zero-order chi connectivity index (χ0) is 19.6. The topological polar surface area (TPSA) is 91.6 Å². The number of hydrogen-bond donors (Lipinski definition) is 2. The number of carbonyl (C=O) groups is 2. The fourth-order valence-electron chi connectivity index (χ4n) is 3.38. The third-order valence-electron chi connectivity index (χ3n) is 5.10. The number of carbonyl (C=O) groups excluding carboxylic acids is 2. The molecule has 2 N–H and O–H groups in total. The van der Waals surface area contributed by atoms with Gasteiger partial charge in [-0.25, -0.2) is 18.6 Å². The SMILES string of the molecule is CC1(C)CN(c2cc(C3CNC(=O)NC3=O)nc3c(Cl)cnn23)CC1(F)F. The normalized spacial score (nSPS) is 24.2. The van der Waals surface area contributed by atoms with Crippen molar-refractivity contribution in [2.45, 2.75) is 25.7 Å². The lowest BCUT2D eigenvalue weighted by Crippen LogP contribution is -2.51. The Balaban J connectivity index is 1.81. The van der Waals surface area contributed by atoms with Gasteiger partial charge in [0.05, 0.1) is 24.4 Å². The zero-order valence-corrected chi connectivity index (χ0v) is 15.3. The number of anilines is 1. The van der Waals surface area contributed by atoms with Crippen LogP contribution in [0.25, 0.3) is 5.65 Å². The first-order valence-electron chi connectivity index (χ1n) is 8.35. The number of imide groups is 1. The molecular weight excluding hydrogens is 382 g/mol. The summed E-state index contributed by atoms with van der Waals surface area (Å²) in [4.78, 5) is 29.4. The van der Waals surface area contributed by atoms with Crippen LogP contribution in [0.4, 0.5) is 19.4 Å². The van der Waals surface area contributed by atoms with Crippen molar-refractivity contribution < 1.29 is 18.4 Å². The molecule has 0 spiro atoms. The maximum atomic E-state index is 14.4. The summed E-state index contributed by atoms with van der Waals surface area (Å²) in [5.74, 6) is -3.79. The minimum atomic E-state index is -2.89. The van der Waals surface area contributed by atoms with Gasteiger partial charge in [-0.15, -0.1) is 0 Å². The van der Waals surface area contributed by atoms with Crippen LogP contribution in [0.1, 0.15) is 25.5 Å². The zero-order valence-electron chi connectivity index (χ0n) is 14.6. The molecule has 2 aliphatic rings. The Morgan fingerprint density at radius 3 is 2.67 bits per heavy atom. The van der Waals surface area contributed by atoms with E-state index in [9.17, 15) is 18.4 Å². The van der Waals surface area contributed by atoms with Crippen LogP contribution in [0.5, 0.6) is 0 Å². The van der Waals surface area contributed by atoms with Gasteiger partial charge in [0.15, 0.2) is 5.65 Å². The number of halogens is 3. The van der Waals surface area contributed by atoms with E-state index in [0.717, 1.165) is 0 Å². The van der Waals surface area contributed by atoms with Crippen molar-refractivity contribution in [1.29, 1.82) is 0 Å². The standard InChI is InChI=1S/C16H17ClF2N6O2/c1-15(2)6-24(7-16(15,18)19)11-3-10(8-4-20-14(27)23-13(8)26)22-12-9(17)5-21-25(11)12/h3,5,8H,4,6-7H2,1-2H3,(H2,20,23,26,27). The molecule has 3 amide bonds. The second-order valence-corrected chi connectivity index (χ2v) is 7.87. The molecular formula is C16H17ClF2N6O2. The van der Waals surface area contributed by atoms with Crippen LogP contribution in [0.15, 0.2) is 12.3 Å². The van der Waals surface area contributed by atoms with Crippen LogP contribution < -0.4 is 15.5 Å². The highest BCUT2D eigenvalue weighted by atomic mass is 35.5. The number of nitrogens with zero attached hydrogens (tertiary/aromatic N) is 4. The molecule has 2 aromatic heterocycles. The smallest absolute Gasteiger partial charge is 0.321 e. The molecule has 8 nitrogen and oxygen atoms in total. The van der Waals surface area contributed by atoms with E-state index in [4.69, 9.17) is 11.6 Å². The van der Waals surface area contributed by atoms with Crippen molar-refractivity contribution in [2.24, 2.45) is 5.41 Å². The highest BCUT2D eigenvalue weighted by molar-refractivity contribution is 6.33. The van der Waals surface area contributed by atoms with Crippen molar-refractivity contribution in [3.63, 3.8) is 0 Å². The Kier molecular flexibility index (Phi) is 3.81. The summed E-state index contributed by atoms with van der Waals surface area (Å²) in [5.41, 5.74) is -0.636. The molecule has 27 heavy (non-hydrogen) atoms. The molecule has 0 bridgehead atoms. The highest BCUT2D eigenvalue weighted by Gasteiger charge is 2.54. The largest absolute Gasteiger partial charge is 0.350 e. The molecule has 2 aliphatic heterocycles. The molecule has 144 valence electrons. The number of nitrogens with one attached hydrogen (secondary N) is 2. The maximum Gasteiger partial charge on any atom is 0.321 e. The van der Waals surface area contributed by atoms with Crippen LogP contribution in [-0.4, -0.2) is 52.1 Å². The van der Waals surface area contributed by atoms with Gasteiger partial charge in [-0.3, -0.25) is 10.1 Å². The summed E-state index contributed by atoms with van der Waals surface area (Å²) < 4.78 is 30.2. The van der Waals surface area contributed by atoms with Gasteiger partial charge in [0.2, 0.25) is 5.91 Å². The molecule has 0 radical (unpaired) electrons. The third kappa shape index (κ3) is 2.78. The van der Waals surface area contributed by atoms with Crippen molar-refractivity contribution in [3.05, 3.63) is 23.0 Å². The van der Waals surface area contributed by atoms with Crippen LogP contribution >= 0.6 is 11.6 Å². The lowest BCUT2D eigenvalue weighted by molar-refractivity contribution is -0.122. The van der Waals surface area contributed by atoms with Crippen LogP contribution in [0, 0.1) is 5.41 Å². The minimum Gasteiger partial charge on any atom is -0.350 e. The molecule has 4 heterocycles. The van der Waals surface area contributed by atoms with E-state index < -0.39 is 35.7 Å². The first kappa shape index (κ1) is 17.9. The lowest BCUT2D eigenvalue weighted by Gasteiger charge is -2.25. The summed E-state index contributed by atoms with van der Waals surface area (Å²) in [6, 6.07) is 0.969. The summed E-state index contributed by atoms with van der Waals surface area (Å²) in [5, 5.41) is 9.09. The quantitative estimate of drug-likeness (QED) is 0.804. The number of aromatic nitrogens is 3. The van der Waals surface area contributed by atoms with Gasteiger partial charge in [0.1, 0.15) is 10.8 Å². The van der Waals surface area contributed by atoms with Gasteiger partial charge in [0.25, 0.3) is 5.92 Å². The maximum absolute atomic E-state index is 14.4. The van der Waals surface area contributed by atoms with Crippen LogP contribution in [0.2, 0.25) is 5.02 Å². The second-order valence-electron chi connectivity index (χ2n) is 7.46. The van der Waals surface area contributed by atoms with Gasteiger partial charge in [-0.1, -0.05) is 25.4 Å². The number of fused-ring (bicyclic) bond motifs is 1. The molecule has 11 heteroatoms. The average Bonchev–Trinajstić information content (AvgIpc) is 3.04. The van der Waals surface area contributed by atoms with E-state index in [2.05, 4.69) is 20.7 Å². The fraction of sp³-hybridized carbons (Fsp3) is 0.500. The number of urea groups is 1. The monoisotopic (exact) mass is 398 g/mol. The molecule has 0 saturated carbocycles. The summed E-state index contributed by atoms with van der Waals surface area (Å²) in [6.07, 6.45) is 1.37. The summed E-state index contributed by atoms with van der Waals surface area (Å²) >= 11 is 6.15. The molecule has 2 aromatic rings. The van der Waals surface area contributed by atoms with Crippen LogP contribution in [-0.2, 0) is 4.79 Å². The Morgan fingerprint density at radius 2 is 2.04 bits per heavy atom. The highest BCUT2D eigenvalue weighted by Crippen LogP contribution is 2.44. The fourth-order valence-corrected chi connectivity index (χ4v) is 3.54. The van der Waals surface area contributed by atoms with E-state index in [1.54, 1.807) is 6.07 Å². The van der Waals surface area contributed by atoms with Gasteiger partial charge >= 0.3 is 6.03 Å². The molecule has 2 fully saturated rings. The Morgan fingerprint density at radius 1 is 1.30 bits per heavy atom. The van der Waals surface area contributed by atoms with Crippen molar-refractivity contribution >= 4 is 35.0 Å². The Labute approximate surface area is 157 Å². The molecule has 1 atom stereocenters. The molecule has 1 unspecified atom stereocenters. The predicted molar refractivity (Wildman–Crippen MR) is 93.2 cm³/mol. The van der Waals surface area contributed by atoms with Gasteiger partial charge < -0.3 is 10.2 Å². The number of alkyl halides is 2. The minimum absolute atomic E-state index is 0.0562. The lowest BCUT2D eigenvalue weighted by atomic mass is 9.89. The summed E-state index contributed by atoms with van der Waals surface area (Å²) in [6.45, 7) is 2.69. The van der Waals surface area contributed by atoms with Crippen molar-refractivity contribution in [3.8, 4) is 0 Å².